The second-order valence-corrected chi connectivity index (χ2v) is 9.99. The molecule has 0 aliphatic heterocycles. The van der Waals surface area contributed by atoms with E-state index in [1.54, 1.807) is 11.3 Å². The highest BCUT2D eigenvalue weighted by Gasteiger charge is 2.15. The fourth-order valence-corrected chi connectivity index (χ4v) is 5.04. The third-order valence-electron chi connectivity index (χ3n) is 3.86. The van der Waals surface area contributed by atoms with Gasteiger partial charge in [-0.05, 0) is 51.0 Å². The average molecular weight is 423 g/mol. The molecule has 0 aliphatic rings. The molecule has 0 amide bonds. The van der Waals surface area contributed by atoms with Crippen LogP contribution < -0.4 is 15.4 Å². The lowest BCUT2D eigenvalue weighted by atomic mass is 10.1. The normalized spacial score (nSPS) is 12.4. The second kappa shape index (κ2) is 10.6. The minimum atomic E-state index is -3.38. The Morgan fingerprint density at radius 1 is 1.11 bits per heavy atom. The number of aryl methyl sites for hydroxylation is 1. The second-order valence-electron chi connectivity index (χ2n) is 6.86. The van der Waals surface area contributed by atoms with E-state index in [0.717, 1.165) is 17.7 Å². The minimum absolute atomic E-state index is 0.0463. The van der Waals surface area contributed by atoms with Crippen LogP contribution in [-0.4, -0.2) is 27.0 Å². The van der Waals surface area contributed by atoms with Gasteiger partial charge >= 0.3 is 0 Å². The van der Waals surface area contributed by atoms with Gasteiger partial charge in [-0.2, -0.15) is 0 Å². The summed E-state index contributed by atoms with van der Waals surface area (Å²) in [6.45, 7) is 9.61. The van der Waals surface area contributed by atoms with Crippen LogP contribution in [0.3, 0.4) is 0 Å². The quantitative estimate of drug-likeness (QED) is 0.428. The summed E-state index contributed by atoms with van der Waals surface area (Å²) in [5.41, 5.74) is 1.67. The first kappa shape index (κ1) is 22.4. The maximum Gasteiger partial charge on any atom is 0.216 e. The maximum atomic E-state index is 12.3. The van der Waals surface area contributed by atoms with Crippen LogP contribution in [0.25, 0.3) is 0 Å². The average Bonchev–Trinajstić information content (AvgIpc) is 3.02. The van der Waals surface area contributed by atoms with Crippen molar-refractivity contribution >= 4 is 27.3 Å². The van der Waals surface area contributed by atoms with Crippen LogP contribution in [0.5, 0.6) is 0 Å². The Morgan fingerprint density at radius 2 is 1.82 bits per heavy atom. The Hall–Kier alpha value is -1.90. The van der Waals surface area contributed by atoms with Crippen LogP contribution in [0.1, 0.15) is 41.7 Å². The molecule has 0 saturated heterocycles. The molecule has 1 heterocycles. The van der Waals surface area contributed by atoms with Crippen LogP contribution >= 0.6 is 11.3 Å². The number of rotatable bonds is 9. The molecule has 154 valence electrons. The van der Waals surface area contributed by atoms with Gasteiger partial charge < -0.3 is 10.6 Å². The third kappa shape index (κ3) is 7.61. The van der Waals surface area contributed by atoms with Gasteiger partial charge in [-0.3, -0.25) is 0 Å². The molecule has 3 N–H and O–H groups in total. The minimum Gasteiger partial charge on any atom is -0.357 e. The molecule has 8 heteroatoms. The Balaban J connectivity index is 2.09. The molecule has 1 aromatic carbocycles. The molecule has 1 aromatic heterocycles. The van der Waals surface area contributed by atoms with E-state index in [2.05, 4.69) is 39.4 Å². The lowest BCUT2D eigenvalue weighted by Crippen LogP contribution is -2.36. The zero-order chi connectivity index (χ0) is 20.6. The topological polar surface area (TPSA) is 82.6 Å². The smallest absolute Gasteiger partial charge is 0.216 e. The van der Waals surface area contributed by atoms with Crippen LogP contribution in [0.4, 0.5) is 0 Å². The number of nitrogens with zero attached hydrogens (tertiary/aromatic N) is 1. The summed E-state index contributed by atoms with van der Waals surface area (Å²) in [7, 11) is -3.38. The largest absolute Gasteiger partial charge is 0.357 e. The fraction of sp³-hybridized carbons (Fsp3) is 0.450. The van der Waals surface area contributed by atoms with Crippen molar-refractivity contribution in [2.75, 3.05) is 6.54 Å². The van der Waals surface area contributed by atoms with Crippen LogP contribution in [0, 0.1) is 6.92 Å². The molecule has 0 atom stereocenters. The molecule has 0 fully saturated rings. The van der Waals surface area contributed by atoms with E-state index < -0.39 is 10.0 Å². The van der Waals surface area contributed by atoms with Crippen LogP contribution in [0.2, 0.25) is 0 Å². The van der Waals surface area contributed by atoms with E-state index in [1.165, 1.54) is 9.75 Å². The van der Waals surface area contributed by atoms with E-state index in [4.69, 9.17) is 0 Å². The summed E-state index contributed by atoms with van der Waals surface area (Å²) in [5.74, 6) is 0.668. The number of guanidine groups is 1. The van der Waals surface area contributed by atoms with Crippen molar-refractivity contribution in [3.05, 3.63) is 57.3 Å². The standard InChI is InChI=1S/C20H30N4O2S2/c1-5-21-20(23-13-19-11-10-16(4)27-19)22-12-17-8-6-7-9-18(17)14-28(25,26)24-15(2)3/h6-11,15,24H,5,12-14H2,1-4H3,(H2,21,22,23). The third-order valence-corrected chi connectivity index (χ3v) is 6.38. The van der Waals surface area contributed by atoms with Gasteiger partial charge in [0.1, 0.15) is 0 Å². The highest BCUT2D eigenvalue weighted by molar-refractivity contribution is 7.88. The summed E-state index contributed by atoms with van der Waals surface area (Å²) < 4.78 is 27.2. The van der Waals surface area contributed by atoms with Gasteiger partial charge in [-0.1, -0.05) is 24.3 Å². The molecule has 0 bridgehead atoms. The van der Waals surface area contributed by atoms with Crippen LogP contribution in [-0.2, 0) is 28.9 Å². The molecule has 6 nitrogen and oxygen atoms in total. The number of hydrogen-bond donors (Lipinski definition) is 3. The van der Waals surface area contributed by atoms with E-state index in [-0.39, 0.29) is 11.8 Å². The van der Waals surface area contributed by atoms with E-state index in [9.17, 15) is 8.42 Å². The molecule has 0 radical (unpaired) electrons. The Morgan fingerprint density at radius 3 is 2.43 bits per heavy atom. The van der Waals surface area contributed by atoms with Crippen molar-refractivity contribution in [3.63, 3.8) is 0 Å². The summed E-state index contributed by atoms with van der Waals surface area (Å²) in [6, 6.07) is 11.6. The van der Waals surface area contributed by atoms with E-state index >= 15 is 0 Å². The first-order valence-corrected chi connectivity index (χ1v) is 11.9. The number of hydrogen-bond acceptors (Lipinski definition) is 4. The number of benzene rings is 1. The van der Waals surface area contributed by atoms with Crippen molar-refractivity contribution in [2.45, 2.75) is 52.6 Å². The lowest BCUT2D eigenvalue weighted by molar-refractivity contribution is 0.569. The molecule has 0 spiro atoms. The predicted octanol–water partition coefficient (Wildman–Crippen LogP) is 3.14. The molecular formula is C20H30N4O2S2. The van der Waals surface area contributed by atoms with Gasteiger partial charge in [0.25, 0.3) is 0 Å². The van der Waals surface area contributed by atoms with Crippen molar-refractivity contribution in [3.8, 4) is 0 Å². The van der Waals surface area contributed by atoms with Gasteiger partial charge in [0.2, 0.25) is 10.0 Å². The molecular weight excluding hydrogens is 392 g/mol. The molecule has 28 heavy (non-hydrogen) atoms. The van der Waals surface area contributed by atoms with Crippen molar-refractivity contribution in [1.29, 1.82) is 0 Å². The highest BCUT2D eigenvalue weighted by Crippen LogP contribution is 2.15. The molecule has 2 rings (SSSR count). The van der Waals surface area contributed by atoms with E-state index in [0.29, 0.717) is 19.0 Å². The Bertz CT molecular complexity index is 889. The number of nitrogens with one attached hydrogen (secondary N) is 3. The van der Waals surface area contributed by atoms with E-state index in [1.807, 2.05) is 45.0 Å². The number of aliphatic imine (C=N–C) groups is 1. The molecule has 2 aromatic rings. The zero-order valence-electron chi connectivity index (χ0n) is 17.0. The van der Waals surface area contributed by atoms with Gasteiger partial charge in [-0.15, -0.1) is 11.3 Å². The zero-order valence-corrected chi connectivity index (χ0v) is 18.6. The highest BCUT2D eigenvalue weighted by atomic mass is 32.2. The van der Waals surface area contributed by atoms with Crippen molar-refractivity contribution in [1.82, 2.24) is 15.4 Å². The maximum absolute atomic E-state index is 12.3. The molecule has 0 aliphatic carbocycles. The monoisotopic (exact) mass is 422 g/mol. The van der Waals surface area contributed by atoms with Crippen LogP contribution in [0.15, 0.2) is 41.4 Å². The van der Waals surface area contributed by atoms with Crippen molar-refractivity contribution < 1.29 is 8.42 Å². The molecule has 0 unspecified atom stereocenters. The van der Waals surface area contributed by atoms with Gasteiger partial charge in [0.05, 0.1) is 18.8 Å². The number of thiophene rings is 1. The first-order chi connectivity index (χ1) is 13.3. The first-order valence-electron chi connectivity index (χ1n) is 9.43. The van der Waals surface area contributed by atoms with Crippen molar-refractivity contribution in [2.24, 2.45) is 4.99 Å². The fourth-order valence-electron chi connectivity index (χ4n) is 2.72. The SMILES string of the molecule is CCNC(=NCc1ccccc1CS(=O)(=O)NC(C)C)NCc1ccc(C)s1. The Labute approximate surface area is 172 Å². The summed E-state index contributed by atoms with van der Waals surface area (Å²) >= 11 is 1.76. The predicted molar refractivity (Wildman–Crippen MR) is 118 cm³/mol. The summed E-state index contributed by atoms with van der Waals surface area (Å²) in [5, 5.41) is 6.57. The van der Waals surface area contributed by atoms with Gasteiger partial charge in [-0.25, -0.2) is 18.1 Å². The summed E-state index contributed by atoms with van der Waals surface area (Å²) in [6.07, 6.45) is 0. The molecule has 0 saturated carbocycles. The number of sulfonamides is 1. The summed E-state index contributed by atoms with van der Waals surface area (Å²) in [4.78, 5) is 7.17. The Kier molecular flexibility index (Phi) is 8.47. The van der Waals surface area contributed by atoms with Gasteiger partial charge in [0, 0.05) is 22.3 Å². The van der Waals surface area contributed by atoms with Gasteiger partial charge in [0.15, 0.2) is 5.96 Å². The lowest BCUT2D eigenvalue weighted by Gasteiger charge is -2.13.